The lowest BCUT2D eigenvalue weighted by Gasteiger charge is -2.02. The number of anilines is 1. The zero-order valence-electron chi connectivity index (χ0n) is 7.15. The van der Waals surface area contributed by atoms with Crippen molar-refractivity contribution in [3.63, 3.8) is 0 Å². The van der Waals surface area contributed by atoms with Crippen LogP contribution in [0.3, 0.4) is 0 Å². The molecule has 2 amide bonds. The van der Waals surface area contributed by atoms with Crippen molar-refractivity contribution in [1.82, 2.24) is 10.4 Å². The summed E-state index contributed by atoms with van der Waals surface area (Å²) in [5, 5.41) is 2.51. The first-order chi connectivity index (χ1) is 6.79. The van der Waals surface area contributed by atoms with Crippen molar-refractivity contribution in [2.24, 2.45) is 5.84 Å². The van der Waals surface area contributed by atoms with E-state index in [-0.39, 0.29) is 0 Å². The highest BCUT2D eigenvalue weighted by Gasteiger charge is 2.02. The Labute approximate surface area is 79.1 Å². The summed E-state index contributed by atoms with van der Waals surface area (Å²) in [6, 6.07) is 4.63. The topological polar surface area (TPSA) is 93.2 Å². The molecular formula is C8H8N4O2. The minimum absolute atomic E-state index is 0.483. The number of nitrogens with two attached hydrogens (primary N) is 1. The molecular weight excluding hydrogens is 184 g/mol. The average Bonchev–Trinajstić information content (AvgIpc) is 2.64. The third-order valence-corrected chi connectivity index (χ3v) is 1.72. The van der Waals surface area contributed by atoms with Crippen LogP contribution in [0.15, 0.2) is 29.0 Å². The highest BCUT2D eigenvalue weighted by atomic mass is 16.3. The molecule has 4 N–H and O–H groups in total. The molecule has 0 aliphatic rings. The van der Waals surface area contributed by atoms with E-state index in [4.69, 9.17) is 10.3 Å². The zero-order valence-corrected chi connectivity index (χ0v) is 7.15. The second-order valence-corrected chi connectivity index (χ2v) is 2.63. The Kier molecular flexibility index (Phi) is 2.04. The molecule has 0 saturated carbocycles. The van der Waals surface area contributed by atoms with Crippen molar-refractivity contribution in [1.29, 1.82) is 0 Å². The molecule has 0 atom stereocenters. The number of rotatable bonds is 1. The lowest BCUT2D eigenvalue weighted by atomic mass is 10.3. The van der Waals surface area contributed by atoms with E-state index in [1.807, 2.05) is 5.43 Å². The number of amides is 2. The molecule has 2 aromatic rings. The second kappa shape index (κ2) is 3.35. The predicted molar refractivity (Wildman–Crippen MR) is 50.4 cm³/mol. The SMILES string of the molecule is NNC(=O)Nc1ccc2ncoc2c1. The Hall–Kier alpha value is -2.08. The van der Waals surface area contributed by atoms with Crippen LogP contribution in [0.5, 0.6) is 0 Å². The van der Waals surface area contributed by atoms with Gasteiger partial charge in [0, 0.05) is 11.8 Å². The van der Waals surface area contributed by atoms with Crippen molar-refractivity contribution < 1.29 is 9.21 Å². The third kappa shape index (κ3) is 1.50. The highest BCUT2D eigenvalue weighted by molar-refractivity contribution is 5.91. The summed E-state index contributed by atoms with van der Waals surface area (Å²) in [5.74, 6) is 4.91. The number of fused-ring (bicyclic) bond motifs is 1. The van der Waals surface area contributed by atoms with Gasteiger partial charge in [-0.2, -0.15) is 0 Å². The van der Waals surface area contributed by atoms with Crippen molar-refractivity contribution >= 4 is 22.8 Å². The van der Waals surface area contributed by atoms with Crippen molar-refractivity contribution in [3.8, 4) is 0 Å². The van der Waals surface area contributed by atoms with Crippen molar-refractivity contribution in [2.75, 3.05) is 5.32 Å². The second-order valence-electron chi connectivity index (χ2n) is 2.63. The molecule has 0 bridgehead atoms. The number of oxazole rings is 1. The van der Waals surface area contributed by atoms with Crippen LogP contribution in [0.2, 0.25) is 0 Å². The molecule has 0 unspecified atom stereocenters. The number of hydrazine groups is 1. The summed E-state index contributed by atoms with van der Waals surface area (Å²) in [4.78, 5) is 14.8. The van der Waals surface area contributed by atoms with Crippen molar-refractivity contribution in [3.05, 3.63) is 24.6 Å². The maximum atomic E-state index is 10.9. The van der Waals surface area contributed by atoms with E-state index in [2.05, 4.69) is 10.3 Å². The number of hydrogen-bond donors (Lipinski definition) is 3. The van der Waals surface area contributed by atoms with Crippen LogP contribution in [0, 0.1) is 0 Å². The van der Waals surface area contributed by atoms with Gasteiger partial charge in [-0.05, 0) is 12.1 Å². The highest BCUT2D eigenvalue weighted by Crippen LogP contribution is 2.17. The van der Waals surface area contributed by atoms with Crippen molar-refractivity contribution in [2.45, 2.75) is 0 Å². The van der Waals surface area contributed by atoms with Crippen LogP contribution in [-0.2, 0) is 0 Å². The fourth-order valence-electron chi connectivity index (χ4n) is 1.10. The molecule has 0 radical (unpaired) electrons. The molecule has 0 spiro atoms. The fraction of sp³-hybridized carbons (Fsp3) is 0. The first-order valence-corrected chi connectivity index (χ1v) is 3.90. The molecule has 0 aliphatic heterocycles. The molecule has 72 valence electrons. The number of nitrogens with one attached hydrogen (secondary N) is 2. The first kappa shape index (κ1) is 8.52. The maximum Gasteiger partial charge on any atom is 0.333 e. The number of nitrogens with zero attached hydrogens (tertiary/aromatic N) is 1. The average molecular weight is 192 g/mol. The van der Waals surface area contributed by atoms with Gasteiger partial charge in [-0.25, -0.2) is 15.6 Å². The number of hydrogen-bond acceptors (Lipinski definition) is 4. The van der Waals surface area contributed by atoms with Gasteiger partial charge >= 0.3 is 6.03 Å². The molecule has 1 aromatic heterocycles. The molecule has 1 aromatic carbocycles. The first-order valence-electron chi connectivity index (χ1n) is 3.90. The molecule has 6 nitrogen and oxygen atoms in total. The number of aromatic nitrogens is 1. The van der Waals surface area contributed by atoms with Gasteiger partial charge in [0.05, 0.1) is 0 Å². The van der Waals surface area contributed by atoms with E-state index >= 15 is 0 Å². The number of urea groups is 1. The Bertz CT molecular complexity index is 465. The molecule has 14 heavy (non-hydrogen) atoms. The zero-order chi connectivity index (χ0) is 9.97. The Balaban J connectivity index is 2.30. The fourth-order valence-corrected chi connectivity index (χ4v) is 1.10. The minimum Gasteiger partial charge on any atom is -0.443 e. The van der Waals surface area contributed by atoms with E-state index in [0.29, 0.717) is 11.3 Å². The van der Waals surface area contributed by atoms with Crippen LogP contribution in [0.1, 0.15) is 0 Å². The molecule has 0 saturated heterocycles. The number of carbonyl (C=O) groups excluding carboxylic acids is 1. The van der Waals surface area contributed by atoms with Gasteiger partial charge in [0.1, 0.15) is 5.52 Å². The summed E-state index contributed by atoms with van der Waals surface area (Å²) in [7, 11) is 0. The quantitative estimate of drug-likeness (QED) is 0.354. The Morgan fingerprint density at radius 3 is 3.14 bits per heavy atom. The summed E-state index contributed by atoms with van der Waals surface area (Å²) < 4.78 is 5.06. The Morgan fingerprint density at radius 2 is 2.36 bits per heavy atom. The van der Waals surface area contributed by atoms with E-state index < -0.39 is 6.03 Å². The number of benzene rings is 1. The predicted octanol–water partition coefficient (Wildman–Crippen LogP) is 0.823. The Morgan fingerprint density at radius 1 is 1.50 bits per heavy atom. The molecule has 2 rings (SSSR count). The molecule has 1 heterocycles. The van der Waals surface area contributed by atoms with Crippen LogP contribution in [0.25, 0.3) is 11.1 Å². The smallest absolute Gasteiger partial charge is 0.333 e. The monoisotopic (exact) mass is 192 g/mol. The van der Waals surface area contributed by atoms with E-state index in [9.17, 15) is 4.79 Å². The van der Waals surface area contributed by atoms with Gasteiger partial charge in [-0.15, -0.1) is 0 Å². The van der Waals surface area contributed by atoms with Gasteiger partial charge in [0.2, 0.25) is 0 Å². The van der Waals surface area contributed by atoms with Gasteiger partial charge in [-0.3, -0.25) is 5.43 Å². The van der Waals surface area contributed by atoms with E-state index in [1.54, 1.807) is 18.2 Å². The van der Waals surface area contributed by atoms with Gasteiger partial charge in [0.15, 0.2) is 12.0 Å². The van der Waals surface area contributed by atoms with Crippen LogP contribution < -0.4 is 16.6 Å². The van der Waals surface area contributed by atoms with E-state index in [0.717, 1.165) is 5.52 Å². The third-order valence-electron chi connectivity index (χ3n) is 1.72. The molecule has 6 heteroatoms. The summed E-state index contributed by atoms with van der Waals surface area (Å²) >= 11 is 0. The lowest BCUT2D eigenvalue weighted by Crippen LogP contribution is -2.34. The summed E-state index contributed by atoms with van der Waals surface area (Å²) in [5.41, 5.74) is 3.90. The van der Waals surface area contributed by atoms with Gasteiger partial charge in [-0.1, -0.05) is 0 Å². The number of carbonyl (C=O) groups is 1. The van der Waals surface area contributed by atoms with E-state index in [1.165, 1.54) is 6.39 Å². The lowest BCUT2D eigenvalue weighted by molar-refractivity contribution is 0.252. The molecule has 0 fully saturated rings. The minimum atomic E-state index is -0.483. The van der Waals surface area contributed by atoms with Gasteiger partial charge in [0.25, 0.3) is 0 Å². The summed E-state index contributed by atoms with van der Waals surface area (Å²) in [6.45, 7) is 0. The normalized spacial score (nSPS) is 10.1. The van der Waals surface area contributed by atoms with Gasteiger partial charge < -0.3 is 9.73 Å². The maximum absolute atomic E-state index is 10.9. The standard InChI is InChI=1S/C8H8N4O2/c9-12-8(13)11-5-1-2-6-7(3-5)14-4-10-6/h1-4H,9H2,(H2,11,12,13). The van der Waals surface area contributed by atoms with Crippen LogP contribution in [-0.4, -0.2) is 11.0 Å². The summed E-state index contributed by atoms with van der Waals surface area (Å²) in [6.07, 6.45) is 1.34. The largest absolute Gasteiger partial charge is 0.443 e. The van der Waals surface area contributed by atoms with Crippen LogP contribution in [0.4, 0.5) is 10.5 Å². The molecule has 0 aliphatic carbocycles. The van der Waals surface area contributed by atoms with Crippen LogP contribution >= 0.6 is 0 Å².